The lowest BCUT2D eigenvalue weighted by Crippen LogP contribution is -2.19. The first-order chi connectivity index (χ1) is 8.29. The van der Waals surface area contributed by atoms with Crippen molar-refractivity contribution in [2.75, 3.05) is 6.61 Å². The minimum absolute atomic E-state index is 0.523. The van der Waals surface area contributed by atoms with Crippen LogP contribution in [-0.2, 0) is 17.9 Å². The van der Waals surface area contributed by atoms with Gasteiger partial charge in [0, 0.05) is 11.9 Å². The maximum atomic E-state index is 5.76. The van der Waals surface area contributed by atoms with Gasteiger partial charge in [0.15, 0.2) is 0 Å². The molecule has 0 radical (unpaired) electrons. The summed E-state index contributed by atoms with van der Waals surface area (Å²) in [6.07, 6.45) is 6.87. The summed E-state index contributed by atoms with van der Waals surface area (Å²) in [5.41, 5.74) is 6.54. The quantitative estimate of drug-likeness (QED) is 0.820. The molecule has 1 heterocycles. The number of ether oxygens (including phenoxy) is 1. The molecule has 3 nitrogen and oxygen atoms in total. The van der Waals surface area contributed by atoms with Gasteiger partial charge >= 0.3 is 0 Å². The SMILES string of the molecule is CC1CC=CCC1COCc1csc(CN)n1. The summed E-state index contributed by atoms with van der Waals surface area (Å²) in [6.45, 7) is 4.27. The van der Waals surface area contributed by atoms with Crippen molar-refractivity contribution in [3.8, 4) is 0 Å². The van der Waals surface area contributed by atoms with E-state index in [1.54, 1.807) is 11.3 Å². The van der Waals surface area contributed by atoms with Gasteiger partial charge in [-0.25, -0.2) is 4.98 Å². The lowest BCUT2D eigenvalue weighted by atomic mass is 9.85. The van der Waals surface area contributed by atoms with Crippen LogP contribution in [0.25, 0.3) is 0 Å². The average molecular weight is 252 g/mol. The van der Waals surface area contributed by atoms with Gasteiger partial charge in [0.25, 0.3) is 0 Å². The van der Waals surface area contributed by atoms with Crippen molar-refractivity contribution in [3.05, 3.63) is 28.2 Å². The van der Waals surface area contributed by atoms with Crippen LogP contribution in [0.1, 0.15) is 30.5 Å². The number of allylic oxidation sites excluding steroid dienone is 2. The Labute approximate surface area is 107 Å². The highest BCUT2D eigenvalue weighted by Gasteiger charge is 2.18. The number of nitrogens with zero attached hydrogens (tertiary/aromatic N) is 1. The number of rotatable bonds is 5. The van der Waals surface area contributed by atoms with E-state index in [0.29, 0.717) is 19.1 Å². The molecule has 1 aliphatic carbocycles. The molecule has 2 unspecified atom stereocenters. The Morgan fingerprint density at radius 1 is 1.47 bits per heavy atom. The molecule has 0 fully saturated rings. The van der Waals surface area contributed by atoms with E-state index in [0.717, 1.165) is 29.6 Å². The Morgan fingerprint density at radius 2 is 2.29 bits per heavy atom. The summed E-state index contributed by atoms with van der Waals surface area (Å²) in [5, 5.41) is 3.02. The van der Waals surface area contributed by atoms with Gasteiger partial charge in [-0.2, -0.15) is 0 Å². The van der Waals surface area contributed by atoms with Crippen molar-refractivity contribution >= 4 is 11.3 Å². The molecule has 1 aliphatic rings. The molecular formula is C13H20N2OS. The van der Waals surface area contributed by atoms with E-state index in [1.165, 1.54) is 6.42 Å². The first kappa shape index (κ1) is 12.7. The molecule has 1 aromatic rings. The zero-order valence-corrected chi connectivity index (χ0v) is 11.1. The summed E-state index contributed by atoms with van der Waals surface area (Å²) >= 11 is 1.61. The smallest absolute Gasteiger partial charge is 0.107 e. The van der Waals surface area contributed by atoms with Crippen LogP contribution in [0.5, 0.6) is 0 Å². The molecule has 0 saturated carbocycles. The summed E-state index contributed by atoms with van der Waals surface area (Å²) in [4.78, 5) is 4.38. The Hall–Kier alpha value is -0.710. The number of nitrogens with two attached hydrogens (primary N) is 1. The standard InChI is InChI=1S/C13H20N2OS/c1-10-4-2-3-5-11(10)7-16-8-12-9-17-13(6-14)15-12/h2-3,9-11H,4-8,14H2,1H3. The van der Waals surface area contributed by atoms with Crippen molar-refractivity contribution in [2.24, 2.45) is 17.6 Å². The molecule has 2 atom stereocenters. The summed E-state index contributed by atoms with van der Waals surface area (Å²) in [5.74, 6) is 1.39. The van der Waals surface area contributed by atoms with E-state index in [4.69, 9.17) is 10.5 Å². The third kappa shape index (κ3) is 3.63. The maximum absolute atomic E-state index is 5.76. The van der Waals surface area contributed by atoms with Crippen molar-refractivity contribution in [2.45, 2.75) is 32.9 Å². The molecule has 2 N–H and O–H groups in total. The molecule has 1 aromatic heterocycles. The molecular weight excluding hydrogens is 232 g/mol. The van der Waals surface area contributed by atoms with Crippen molar-refractivity contribution < 1.29 is 4.74 Å². The normalized spacial score (nSPS) is 24.1. The summed E-state index contributed by atoms with van der Waals surface area (Å²) in [7, 11) is 0. The summed E-state index contributed by atoms with van der Waals surface area (Å²) in [6, 6.07) is 0. The zero-order chi connectivity index (χ0) is 12.1. The van der Waals surface area contributed by atoms with Crippen LogP contribution >= 0.6 is 11.3 Å². The van der Waals surface area contributed by atoms with Gasteiger partial charge in [0.2, 0.25) is 0 Å². The minimum atomic E-state index is 0.523. The highest BCUT2D eigenvalue weighted by Crippen LogP contribution is 2.25. The molecule has 0 spiro atoms. The van der Waals surface area contributed by atoms with Crippen LogP contribution in [0.2, 0.25) is 0 Å². The molecule has 0 aromatic carbocycles. The largest absolute Gasteiger partial charge is 0.375 e. The van der Waals surface area contributed by atoms with Crippen LogP contribution < -0.4 is 5.73 Å². The van der Waals surface area contributed by atoms with Crippen LogP contribution in [-0.4, -0.2) is 11.6 Å². The molecule has 0 bridgehead atoms. The van der Waals surface area contributed by atoms with Crippen molar-refractivity contribution in [1.82, 2.24) is 4.98 Å². The van der Waals surface area contributed by atoms with Crippen LogP contribution in [0.4, 0.5) is 0 Å². The topological polar surface area (TPSA) is 48.1 Å². The predicted octanol–water partition coefficient (Wildman–Crippen LogP) is 2.72. The monoisotopic (exact) mass is 252 g/mol. The predicted molar refractivity (Wildman–Crippen MR) is 70.7 cm³/mol. The molecule has 4 heteroatoms. The first-order valence-electron chi connectivity index (χ1n) is 6.15. The van der Waals surface area contributed by atoms with Crippen LogP contribution in [0, 0.1) is 11.8 Å². The number of hydrogen-bond acceptors (Lipinski definition) is 4. The maximum Gasteiger partial charge on any atom is 0.107 e. The fraction of sp³-hybridized carbons (Fsp3) is 0.615. The Morgan fingerprint density at radius 3 is 3.00 bits per heavy atom. The third-order valence-electron chi connectivity index (χ3n) is 3.27. The van der Waals surface area contributed by atoms with Gasteiger partial charge in [-0.3, -0.25) is 0 Å². The molecule has 0 amide bonds. The second-order valence-electron chi connectivity index (χ2n) is 4.63. The van der Waals surface area contributed by atoms with E-state index in [-0.39, 0.29) is 0 Å². The van der Waals surface area contributed by atoms with Gasteiger partial charge in [0.1, 0.15) is 5.01 Å². The highest BCUT2D eigenvalue weighted by molar-refractivity contribution is 7.09. The van der Waals surface area contributed by atoms with Gasteiger partial charge in [0.05, 0.1) is 18.9 Å². The summed E-state index contributed by atoms with van der Waals surface area (Å²) < 4.78 is 5.76. The average Bonchev–Trinajstić information content (AvgIpc) is 2.80. The minimum Gasteiger partial charge on any atom is -0.375 e. The Balaban J connectivity index is 1.73. The van der Waals surface area contributed by atoms with Crippen molar-refractivity contribution in [3.63, 3.8) is 0 Å². The van der Waals surface area contributed by atoms with Gasteiger partial charge in [-0.1, -0.05) is 19.1 Å². The fourth-order valence-corrected chi connectivity index (χ4v) is 2.72. The van der Waals surface area contributed by atoms with E-state index < -0.39 is 0 Å². The Kier molecular flexibility index (Phi) is 4.71. The van der Waals surface area contributed by atoms with E-state index >= 15 is 0 Å². The van der Waals surface area contributed by atoms with Gasteiger partial charge in [-0.15, -0.1) is 11.3 Å². The van der Waals surface area contributed by atoms with E-state index in [2.05, 4.69) is 24.1 Å². The molecule has 0 saturated heterocycles. The highest BCUT2D eigenvalue weighted by atomic mass is 32.1. The molecule has 2 rings (SSSR count). The molecule has 17 heavy (non-hydrogen) atoms. The van der Waals surface area contributed by atoms with Crippen molar-refractivity contribution in [1.29, 1.82) is 0 Å². The van der Waals surface area contributed by atoms with Gasteiger partial charge < -0.3 is 10.5 Å². The number of aromatic nitrogens is 1. The number of thiazole rings is 1. The third-order valence-corrected chi connectivity index (χ3v) is 4.19. The first-order valence-corrected chi connectivity index (χ1v) is 7.03. The van der Waals surface area contributed by atoms with Crippen LogP contribution in [0.15, 0.2) is 17.5 Å². The fourth-order valence-electron chi connectivity index (χ4n) is 2.06. The molecule has 0 aliphatic heterocycles. The lowest BCUT2D eigenvalue weighted by Gasteiger charge is -2.24. The van der Waals surface area contributed by atoms with Gasteiger partial charge in [-0.05, 0) is 24.7 Å². The van der Waals surface area contributed by atoms with E-state index in [1.807, 2.05) is 5.38 Å². The second kappa shape index (κ2) is 6.28. The molecule has 94 valence electrons. The number of hydrogen-bond donors (Lipinski definition) is 1. The second-order valence-corrected chi connectivity index (χ2v) is 5.57. The zero-order valence-electron chi connectivity index (χ0n) is 10.3. The Bertz CT molecular complexity index is 375. The van der Waals surface area contributed by atoms with E-state index in [9.17, 15) is 0 Å². The lowest BCUT2D eigenvalue weighted by molar-refractivity contribution is 0.0664. The van der Waals surface area contributed by atoms with Crippen LogP contribution in [0.3, 0.4) is 0 Å².